The van der Waals surface area contributed by atoms with Gasteiger partial charge in [0.05, 0.1) is 23.3 Å². The van der Waals surface area contributed by atoms with E-state index >= 15 is 0 Å². The molecule has 3 aromatic rings. The first-order valence-electron chi connectivity index (χ1n) is 9.88. The maximum atomic E-state index is 13.0. The van der Waals surface area contributed by atoms with Crippen LogP contribution in [0, 0.1) is 5.82 Å². The predicted molar refractivity (Wildman–Crippen MR) is 118 cm³/mol. The largest absolute Gasteiger partial charge is 0.342 e. The number of carbonyl (C=O) groups excluding carboxylic acids is 2. The Balaban J connectivity index is 1.30. The number of anilines is 1. The molecule has 0 saturated carbocycles. The summed E-state index contributed by atoms with van der Waals surface area (Å²) in [6.45, 7) is 1.28. The number of thiazole rings is 1. The summed E-state index contributed by atoms with van der Waals surface area (Å²) in [7, 11) is 0. The van der Waals surface area contributed by atoms with Gasteiger partial charge in [0.2, 0.25) is 5.91 Å². The van der Waals surface area contributed by atoms with Gasteiger partial charge in [0, 0.05) is 24.4 Å². The number of nitrogens with zero attached hydrogens (tertiary/aromatic N) is 3. The number of amides is 2. The lowest BCUT2D eigenvalue weighted by atomic mass is 9.97. The molecule has 0 unspecified atom stereocenters. The van der Waals surface area contributed by atoms with Crippen LogP contribution in [0.5, 0.6) is 0 Å². The number of carbonyl (C=O) groups is 2. The van der Waals surface area contributed by atoms with Crippen LogP contribution < -0.4 is 5.32 Å². The maximum Gasteiger partial charge on any atom is 0.275 e. The molecule has 1 saturated heterocycles. The van der Waals surface area contributed by atoms with Crippen LogP contribution >= 0.6 is 22.9 Å². The summed E-state index contributed by atoms with van der Waals surface area (Å²) in [5.41, 5.74) is 1.72. The molecule has 1 fully saturated rings. The van der Waals surface area contributed by atoms with Gasteiger partial charge in [0.25, 0.3) is 5.91 Å². The Bertz CT molecular complexity index is 1060. The third-order valence-corrected chi connectivity index (χ3v) is 6.44. The van der Waals surface area contributed by atoms with Crippen molar-refractivity contribution in [3.05, 3.63) is 75.2 Å². The Morgan fingerprint density at radius 3 is 2.58 bits per heavy atom. The molecule has 1 aliphatic heterocycles. The fourth-order valence-electron chi connectivity index (χ4n) is 3.49. The second-order valence-electron chi connectivity index (χ2n) is 7.35. The zero-order valence-corrected chi connectivity index (χ0v) is 18.1. The maximum absolute atomic E-state index is 13.0. The van der Waals surface area contributed by atoms with Crippen LogP contribution in [0.1, 0.15) is 39.8 Å². The smallest absolute Gasteiger partial charge is 0.275 e. The number of aromatic nitrogens is 2. The minimum Gasteiger partial charge on any atom is -0.342 e. The Morgan fingerprint density at radius 2 is 1.90 bits per heavy atom. The highest BCUT2D eigenvalue weighted by molar-refractivity contribution is 7.10. The molecule has 3 heterocycles. The summed E-state index contributed by atoms with van der Waals surface area (Å²) in [5.74, 6) is -0.337. The first-order chi connectivity index (χ1) is 15.0. The van der Waals surface area contributed by atoms with Crippen LogP contribution in [0.3, 0.4) is 0 Å². The van der Waals surface area contributed by atoms with Crippen LogP contribution in [-0.2, 0) is 11.2 Å². The molecular weight excluding hydrogens is 439 g/mol. The van der Waals surface area contributed by atoms with Gasteiger partial charge >= 0.3 is 0 Å². The molecule has 1 aliphatic rings. The van der Waals surface area contributed by atoms with E-state index in [4.69, 9.17) is 11.6 Å². The van der Waals surface area contributed by atoms with Crippen LogP contribution in [0.4, 0.5) is 10.1 Å². The van der Waals surface area contributed by atoms with Gasteiger partial charge in [-0.05, 0) is 42.7 Å². The number of hydrogen-bond donors (Lipinski definition) is 1. The van der Waals surface area contributed by atoms with Gasteiger partial charge < -0.3 is 10.2 Å². The molecule has 1 N–H and O–H groups in total. The molecule has 2 aromatic heterocycles. The number of rotatable bonds is 5. The van der Waals surface area contributed by atoms with Gasteiger partial charge in [0.1, 0.15) is 16.7 Å². The molecule has 4 rings (SSSR count). The molecule has 2 amide bonds. The molecule has 0 bridgehead atoms. The number of halogens is 2. The lowest BCUT2D eigenvalue weighted by molar-refractivity contribution is -0.131. The van der Waals surface area contributed by atoms with Crippen molar-refractivity contribution in [2.75, 3.05) is 18.4 Å². The van der Waals surface area contributed by atoms with Crippen molar-refractivity contribution in [3.63, 3.8) is 0 Å². The number of nitrogens with one attached hydrogen (secondary N) is 1. The van der Waals surface area contributed by atoms with E-state index in [2.05, 4.69) is 15.3 Å². The molecule has 160 valence electrons. The van der Waals surface area contributed by atoms with Gasteiger partial charge in [-0.25, -0.2) is 14.4 Å². The van der Waals surface area contributed by atoms with Gasteiger partial charge in [-0.2, -0.15) is 0 Å². The van der Waals surface area contributed by atoms with Crippen molar-refractivity contribution >= 4 is 40.4 Å². The summed E-state index contributed by atoms with van der Waals surface area (Å²) in [5, 5.41) is 5.77. The van der Waals surface area contributed by atoms with Crippen molar-refractivity contribution in [1.29, 1.82) is 0 Å². The summed E-state index contributed by atoms with van der Waals surface area (Å²) < 4.78 is 13.0. The highest BCUT2D eigenvalue weighted by Gasteiger charge is 2.26. The van der Waals surface area contributed by atoms with Crippen molar-refractivity contribution in [2.45, 2.75) is 25.2 Å². The Labute approximate surface area is 188 Å². The van der Waals surface area contributed by atoms with Gasteiger partial charge in [-0.1, -0.05) is 23.7 Å². The van der Waals surface area contributed by atoms with E-state index in [1.165, 1.54) is 29.7 Å². The van der Waals surface area contributed by atoms with E-state index in [9.17, 15) is 14.0 Å². The number of benzene rings is 1. The van der Waals surface area contributed by atoms with Crippen LogP contribution in [0.25, 0.3) is 0 Å². The molecule has 31 heavy (non-hydrogen) atoms. The van der Waals surface area contributed by atoms with Gasteiger partial charge in [-0.15, -0.1) is 11.3 Å². The molecule has 0 atom stereocenters. The molecule has 0 radical (unpaired) electrons. The summed E-state index contributed by atoms with van der Waals surface area (Å²) in [6, 6.07) is 9.31. The minimum absolute atomic E-state index is 0.0424. The second-order valence-corrected chi connectivity index (χ2v) is 8.63. The third kappa shape index (κ3) is 5.45. The van der Waals surface area contributed by atoms with Crippen molar-refractivity contribution in [1.82, 2.24) is 14.9 Å². The van der Waals surface area contributed by atoms with E-state index in [0.717, 1.165) is 23.4 Å². The molecular formula is C22H20ClFN4O2S. The van der Waals surface area contributed by atoms with Gasteiger partial charge in [0.15, 0.2) is 0 Å². The fraction of sp³-hybridized carbons (Fsp3) is 0.273. The summed E-state index contributed by atoms with van der Waals surface area (Å²) >= 11 is 7.22. The SMILES string of the molecule is O=C(Nc1ccc(Cl)nc1)c1csc(C2CCN(C(=O)Cc3ccc(F)cc3)CC2)n1. The fourth-order valence-corrected chi connectivity index (χ4v) is 4.57. The van der Waals surface area contributed by atoms with E-state index in [1.807, 2.05) is 4.90 Å². The Morgan fingerprint density at radius 1 is 1.16 bits per heavy atom. The van der Waals surface area contributed by atoms with Crippen molar-refractivity contribution in [2.24, 2.45) is 0 Å². The highest BCUT2D eigenvalue weighted by atomic mass is 35.5. The number of piperidine rings is 1. The van der Waals surface area contributed by atoms with Crippen LogP contribution in [0.15, 0.2) is 48.0 Å². The number of pyridine rings is 1. The molecule has 0 aliphatic carbocycles. The Kier molecular flexibility index (Phi) is 6.58. The van der Waals surface area contributed by atoms with E-state index in [0.29, 0.717) is 29.6 Å². The first-order valence-corrected chi connectivity index (χ1v) is 11.1. The normalized spacial score (nSPS) is 14.5. The monoisotopic (exact) mass is 458 g/mol. The average Bonchev–Trinajstić information content (AvgIpc) is 3.27. The summed E-state index contributed by atoms with van der Waals surface area (Å²) in [4.78, 5) is 35.3. The average molecular weight is 459 g/mol. The first kappa shape index (κ1) is 21.4. The quantitative estimate of drug-likeness (QED) is 0.570. The second kappa shape index (κ2) is 9.53. The lowest BCUT2D eigenvalue weighted by Gasteiger charge is -2.31. The van der Waals surface area contributed by atoms with E-state index < -0.39 is 0 Å². The topological polar surface area (TPSA) is 75.2 Å². The highest BCUT2D eigenvalue weighted by Crippen LogP contribution is 2.30. The van der Waals surface area contributed by atoms with Gasteiger partial charge in [-0.3, -0.25) is 9.59 Å². The van der Waals surface area contributed by atoms with Crippen LogP contribution in [-0.4, -0.2) is 39.8 Å². The zero-order valence-electron chi connectivity index (χ0n) is 16.6. The van der Waals surface area contributed by atoms with Crippen molar-refractivity contribution in [3.8, 4) is 0 Å². The van der Waals surface area contributed by atoms with E-state index in [-0.39, 0.29) is 30.0 Å². The third-order valence-electron chi connectivity index (χ3n) is 5.21. The Hall–Kier alpha value is -2.84. The molecule has 9 heteroatoms. The molecule has 1 aromatic carbocycles. The standard InChI is InChI=1S/C22H20ClFN4O2S/c23-19-6-5-17(12-25-19)26-21(30)18-13-31-22(27-18)15-7-9-28(10-8-15)20(29)11-14-1-3-16(24)4-2-14/h1-6,12-13,15H,7-11H2,(H,26,30). The molecule has 6 nitrogen and oxygen atoms in total. The zero-order chi connectivity index (χ0) is 21.8. The molecule has 0 spiro atoms. The predicted octanol–water partition coefficient (Wildman–Crippen LogP) is 4.53. The van der Waals surface area contributed by atoms with Crippen molar-refractivity contribution < 1.29 is 14.0 Å². The minimum atomic E-state index is -0.307. The lowest BCUT2D eigenvalue weighted by Crippen LogP contribution is -2.38. The van der Waals surface area contributed by atoms with E-state index in [1.54, 1.807) is 29.6 Å². The summed E-state index contributed by atoms with van der Waals surface area (Å²) in [6.07, 6.45) is 3.36. The van der Waals surface area contributed by atoms with Crippen LogP contribution in [0.2, 0.25) is 5.15 Å². The number of hydrogen-bond acceptors (Lipinski definition) is 5. The number of likely N-dealkylation sites (tertiary alicyclic amines) is 1.